The van der Waals surface area contributed by atoms with Crippen molar-refractivity contribution in [3.05, 3.63) is 60.3 Å². The lowest BCUT2D eigenvalue weighted by atomic mass is 10.1. The van der Waals surface area contributed by atoms with Gasteiger partial charge >= 0.3 is 0 Å². The summed E-state index contributed by atoms with van der Waals surface area (Å²) in [7, 11) is -0.567. The Labute approximate surface area is 164 Å². The molecule has 28 heavy (non-hydrogen) atoms. The molecular weight excluding hydrogens is 378 g/mol. The molecule has 1 N–H and O–H groups in total. The number of anilines is 1. The number of nitrogens with zero attached hydrogens (tertiary/aromatic N) is 2. The minimum Gasteiger partial charge on any atom is -0.484 e. The van der Waals surface area contributed by atoms with Gasteiger partial charge < -0.3 is 10.1 Å². The van der Waals surface area contributed by atoms with E-state index in [9.17, 15) is 13.2 Å². The van der Waals surface area contributed by atoms with Crippen LogP contribution in [0.3, 0.4) is 0 Å². The Morgan fingerprint density at radius 2 is 1.86 bits per heavy atom. The number of fused-ring (bicyclic) bond motifs is 1. The van der Waals surface area contributed by atoms with E-state index < -0.39 is 10.0 Å². The van der Waals surface area contributed by atoms with E-state index in [1.165, 1.54) is 38.4 Å². The molecule has 0 aliphatic carbocycles. The standard InChI is InChI=1S/C20H21N3O4S/c1-14-11-15-5-4-10-21-20(15)18(12-14)22-19(24)13-27-16-6-8-17(9-7-16)28(25,26)23(2)3/h4-12H,13H2,1-3H3,(H,22,24). The summed E-state index contributed by atoms with van der Waals surface area (Å²) >= 11 is 0. The minimum atomic E-state index is -3.50. The highest BCUT2D eigenvalue weighted by Gasteiger charge is 2.17. The molecule has 0 radical (unpaired) electrons. The Balaban J connectivity index is 1.67. The number of sulfonamides is 1. The fourth-order valence-electron chi connectivity index (χ4n) is 2.69. The lowest BCUT2D eigenvalue weighted by Crippen LogP contribution is -2.22. The summed E-state index contributed by atoms with van der Waals surface area (Å²) in [6.45, 7) is 1.74. The van der Waals surface area contributed by atoms with E-state index in [0.29, 0.717) is 17.0 Å². The molecule has 1 heterocycles. The average Bonchev–Trinajstić information content (AvgIpc) is 2.66. The van der Waals surface area contributed by atoms with Crippen molar-refractivity contribution in [3.63, 3.8) is 0 Å². The van der Waals surface area contributed by atoms with E-state index in [4.69, 9.17) is 4.74 Å². The predicted molar refractivity (Wildman–Crippen MR) is 108 cm³/mol. The summed E-state index contributed by atoms with van der Waals surface area (Å²) in [5, 5.41) is 3.76. The van der Waals surface area contributed by atoms with Crippen molar-refractivity contribution in [3.8, 4) is 5.75 Å². The zero-order valence-corrected chi connectivity index (χ0v) is 16.7. The van der Waals surface area contributed by atoms with Crippen LogP contribution in [0.2, 0.25) is 0 Å². The molecule has 8 heteroatoms. The van der Waals surface area contributed by atoms with Gasteiger partial charge in [-0.1, -0.05) is 6.07 Å². The summed E-state index contributed by atoms with van der Waals surface area (Å²) in [5.74, 6) is 0.0719. The first-order chi connectivity index (χ1) is 13.3. The second kappa shape index (κ2) is 7.95. The van der Waals surface area contributed by atoms with Crippen molar-refractivity contribution in [1.29, 1.82) is 0 Å². The first-order valence-electron chi connectivity index (χ1n) is 8.58. The minimum absolute atomic E-state index is 0.159. The van der Waals surface area contributed by atoms with Crippen LogP contribution in [-0.2, 0) is 14.8 Å². The van der Waals surface area contributed by atoms with Crippen molar-refractivity contribution in [2.75, 3.05) is 26.0 Å². The number of benzene rings is 2. The van der Waals surface area contributed by atoms with Gasteiger partial charge in [0.1, 0.15) is 5.75 Å². The van der Waals surface area contributed by atoms with Crippen molar-refractivity contribution in [2.45, 2.75) is 11.8 Å². The van der Waals surface area contributed by atoms with Gasteiger partial charge in [0.15, 0.2) is 6.61 Å². The molecule has 0 saturated heterocycles. The molecule has 1 aromatic heterocycles. The van der Waals surface area contributed by atoms with Gasteiger partial charge in [-0.15, -0.1) is 0 Å². The summed E-state index contributed by atoms with van der Waals surface area (Å²) in [5.41, 5.74) is 2.34. The molecule has 7 nitrogen and oxygen atoms in total. The van der Waals surface area contributed by atoms with E-state index in [1.54, 1.807) is 6.20 Å². The lowest BCUT2D eigenvalue weighted by Gasteiger charge is -2.12. The molecule has 2 aromatic carbocycles. The highest BCUT2D eigenvalue weighted by molar-refractivity contribution is 7.89. The zero-order valence-electron chi connectivity index (χ0n) is 15.8. The Morgan fingerprint density at radius 3 is 2.54 bits per heavy atom. The first-order valence-corrected chi connectivity index (χ1v) is 10.0. The van der Waals surface area contributed by atoms with Gasteiger partial charge in [0.05, 0.1) is 16.1 Å². The molecular formula is C20H21N3O4S. The summed E-state index contributed by atoms with van der Waals surface area (Å²) in [4.78, 5) is 16.8. The molecule has 1 amide bonds. The lowest BCUT2D eigenvalue weighted by molar-refractivity contribution is -0.118. The maximum absolute atomic E-state index is 12.3. The number of hydrogen-bond acceptors (Lipinski definition) is 5. The Morgan fingerprint density at radius 1 is 1.14 bits per heavy atom. The third kappa shape index (κ3) is 4.29. The zero-order chi connectivity index (χ0) is 20.3. The molecule has 0 bridgehead atoms. The van der Waals surface area contributed by atoms with E-state index in [1.807, 2.05) is 31.2 Å². The van der Waals surface area contributed by atoms with Crippen LogP contribution >= 0.6 is 0 Å². The molecule has 3 aromatic rings. The maximum atomic E-state index is 12.3. The normalized spacial score (nSPS) is 11.6. The number of carbonyl (C=O) groups is 1. The van der Waals surface area contributed by atoms with Gasteiger partial charge in [-0.05, 0) is 55.0 Å². The molecule has 0 atom stereocenters. The fraction of sp³-hybridized carbons (Fsp3) is 0.200. The SMILES string of the molecule is Cc1cc(NC(=O)COc2ccc(S(=O)(=O)N(C)C)cc2)c2ncccc2c1. The van der Waals surface area contributed by atoms with Gasteiger partial charge in [-0.2, -0.15) is 0 Å². The quantitative estimate of drug-likeness (QED) is 0.689. The summed E-state index contributed by atoms with van der Waals surface area (Å²) in [6, 6.07) is 13.6. The largest absolute Gasteiger partial charge is 0.484 e. The second-order valence-corrected chi connectivity index (χ2v) is 8.64. The van der Waals surface area contributed by atoms with Gasteiger partial charge in [-0.25, -0.2) is 12.7 Å². The smallest absolute Gasteiger partial charge is 0.262 e. The molecule has 0 fully saturated rings. The van der Waals surface area contributed by atoms with Crippen LogP contribution in [0, 0.1) is 6.92 Å². The topological polar surface area (TPSA) is 88.6 Å². The molecule has 0 spiro atoms. The van der Waals surface area contributed by atoms with Gasteiger partial charge in [-0.3, -0.25) is 9.78 Å². The monoisotopic (exact) mass is 399 g/mol. The van der Waals surface area contributed by atoms with Gasteiger partial charge in [0.25, 0.3) is 5.91 Å². The van der Waals surface area contributed by atoms with E-state index in [0.717, 1.165) is 15.3 Å². The van der Waals surface area contributed by atoms with Crippen LogP contribution in [-0.4, -0.2) is 44.3 Å². The van der Waals surface area contributed by atoms with E-state index in [2.05, 4.69) is 10.3 Å². The number of carbonyl (C=O) groups excluding carboxylic acids is 1. The number of rotatable bonds is 6. The van der Waals surface area contributed by atoms with Crippen molar-refractivity contribution >= 4 is 32.5 Å². The Hall–Kier alpha value is -2.97. The van der Waals surface area contributed by atoms with Crippen molar-refractivity contribution in [1.82, 2.24) is 9.29 Å². The van der Waals surface area contributed by atoms with Crippen LogP contribution in [0.4, 0.5) is 5.69 Å². The first kappa shape index (κ1) is 19.8. The van der Waals surface area contributed by atoms with Crippen LogP contribution in [0.25, 0.3) is 10.9 Å². The number of ether oxygens (including phenoxy) is 1. The Bertz CT molecular complexity index is 1110. The summed E-state index contributed by atoms with van der Waals surface area (Å²) < 4.78 is 30.7. The third-order valence-electron chi connectivity index (χ3n) is 4.10. The fourth-order valence-corrected chi connectivity index (χ4v) is 3.59. The number of nitrogens with one attached hydrogen (secondary N) is 1. The van der Waals surface area contributed by atoms with E-state index >= 15 is 0 Å². The summed E-state index contributed by atoms with van der Waals surface area (Å²) in [6.07, 6.45) is 1.67. The molecule has 146 valence electrons. The number of aryl methyl sites for hydroxylation is 1. The maximum Gasteiger partial charge on any atom is 0.262 e. The average molecular weight is 399 g/mol. The Kier molecular flexibility index (Phi) is 5.62. The van der Waals surface area contributed by atoms with Crippen LogP contribution in [0.5, 0.6) is 5.75 Å². The van der Waals surface area contributed by atoms with Crippen molar-refractivity contribution < 1.29 is 17.9 Å². The third-order valence-corrected chi connectivity index (χ3v) is 5.92. The molecule has 0 aliphatic rings. The van der Waals surface area contributed by atoms with Crippen LogP contribution in [0.1, 0.15) is 5.56 Å². The number of aromatic nitrogens is 1. The number of pyridine rings is 1. The van der Waals surface area contributed by atoms with Gasteiger partial charge in [0.2, 0.25) is 10.0 Å². The molecule has 0 saturated carbocycles. The molecule has 0 unspecified atom stereocenters. The van der Waals surface area contributed by atoms with Crippen molar-refractivity contribution in [2.24, 2.45) is 0 Å². The highest BCUT2D eigenvalue weighted by atomic mass is 32.2. The highest BCUT2D eigenvalue weighted by Crippen LogP contribution is 2.23. The predicted octanol–water partition coefficient (Wildman–Crippen LogP) is 2.81. The van der Waals surface area contributed by atoms with Crippen LogP contribution < -0.4 is 10.1 Å². The van der Waals surface area contributed by atoms with Gasteiger partial charge in [0, 0.05) is 25.7 Å². The molecule has 0 aliphatic heterocycles. The number of hydrogen-bond donors (Lipinski definition) is 1. The van der Waals surface area contributed by atoms with Crippen LogP contribution in [0.15, 0.2) is 59.6 Å². The number of amides is 1. The molecule has 3 rings (SSSR count). The second-order valence-electron chi connectivity index (χ2n) is 6.48. The van der Waals surface area contributed by atoms with E-state index in [-0.39, 0.29) is 17.4 Å².